The predicted molar refractivity (Wildman–Crippen MR) is 117 cm³/mol. The van der Waals surface area contributed by atoms with Gasteiger partial charge in [0, 0.05) is 36.7 Å². The number of rotatable bonds is 6. The highest BCUT2D eigenvalue weighted by atomic mass is 16.7. The summed E-state index contributed by atoms with van der Waals surface area (Å²) < 4.78 is 21.3. The monoisotopic (exact) mass is 440 g/mol. The Hall–Kier alpha value is -3.42. The topological polar surface area (TPSA) is 86.3 Å². The maximum absolute atomic E-state index is 13.0. The van der Waals surface area contributed by atoms with Gasteiger partial charge in [0.25, 0.3) is 5.91 Å². The molecule has 170 valence electrons. The molecule has 1 N–H and O–H groups in total. The number of nitrogens with zero attached hydrogens (tertiary/aromatic N) is 1. The lowest BCUT2D eigenvalue weighted by Gasteiger charge is -2.38. The van der Waals surface area contributed by atoms with E-state index in [1.807, 2.05) is 19.1 Å². The van der Waals surface area contributed by atoms with Gasteiger partial charge in [0.05, 0.1) is 14.2 Å². The second-order valence-corrected chi connectivity index (χ2v) is 8.32. The average molecular weight is 440 g/mol. The van der Waals surface area contributed by atoms with Gasteiger partial charge in [-0.05, 0) is 48.7 Å². The molecule has 2 aliphatic rings. The van der Waals surface area contributed by atoms with Crippen LogP contribution in [0, 0.1) is 5.41 Å². The van der Waals surface area contributed by atoms with Crippen LogP contribution in [-0.2, 0) is 11.3 Å². The van der Waals surface area contributed by atoms with Gasteiger partial charge < -0.3 is 29.2 Å². The van der Waals surface area contributed by atoms with Crippen molar-refractivity contribution in [3.05, 3.63) is 47.5 Å². The number of hydrogen-bond donors (Lipinski definition) is 1. The van der Waals surface area contributed by atoms with Gasteiger partial charge in [-0.25, -0.2) is 0 Å². The van der Waals surface area contributed by atoms with Crippen molar-refractivity contribution in [3.8, 4) is 23.0 Å². The average Bonchev–Trinajstić information content (AvgIpc) is 3.30. The van der Waals surface area contributed by atoms with Crippen LogP contribution >= 0.6 is 0 Å². The number of benzene rings is 2. The minimum atomic E-state index is -0.533. The summed E-state index contributed by atoms with van der Waals surface area (Å²) in [6.45, 7) is 3.54. The number of likely N-dealkylation sites (tertiary alicyclic amines) is 1. The van der Waals surface area contributed by atoms with Crippen LogP contribution < -0.4 is 24.3 Å². The van der Waals surface area contributed by atoms with Crippen molar-refractivity contribution in [2.45, 2.75) is 26.3 Å². The number of ether oxygens (including phenoxy) is 4. The van der Waals surface area contributed by atoms with Crippen LogP contribution in [0.1, 0.15) is 35.7 Å². The van der Waals surface area contributed by atoms with Gasteiger partial charge in [-0.1, -0.05) is 6.92 Å². The molecule has 2 aromatic rings. The number of fused-ring (bicyclic) bond motifs is 1. The molecule has 0 unspecified atom stereocenters. The molecule has 1 saturated heterocycles. The minimum Gasteiger partial charge on any atom is -0.497 e. The van der Waals surface area contributed by atoms with Crippen molar-refractivity contribution in [1.29, 1.82) is 0 Å². The lowest BCUT2D eigenvalue weighted by Crippen LogP contribution is -2.48. The molecule has 0 radical (unpaired) electrons. The molecule has 4 rings (SSSR count). The predicted octanol–water partition coefficient (Wildman–Crippen LogP) is 2.99. The normalized spacial score (nSPS) is 16.4. The van der Waals surface area contributed by atoms with E-state index in [1.165, 1.54) is 0 Å². The second-order valence-electron chi connectivity index (χ2n) is 8.32. The molecule has 0 saturated carbocycles. The fraction of sp³-hybridized carbons (Fsp3) is 0.417. The largest absolute Gasteiger partial charge is 0.497 e. The van der Waals surface area contributed by atoms with E-state index in [-0.39, 0.29) is 18.6 Å². The first-order valence-electron chi connectivity index (χ1n) is 10.6. The Bertz CT molecular complexity index is 991. The lowest BCUT2D eigenvalue weighted by molar-refractivity contribution is -0.132. The number of methoxy groups -OCH3 is 2. The summed E-state index contributed by atoms with van der Waals surface area (Å²) in [5, 5.41) is 3.03. The van der Waals surface area contributed by atoms with Gasteiger partial charge in [0.15, 0.2) is 11.5 Å². The number of nitrogens with one attached hydrogen (secondary N) is 1. The van der Waals surface area contributed by atoms with Crippen molar-refractivity contribution in [1.82, 2.24) is 10.2 Å². The van der Waals surface area contributed by atoms with E-state index < -0.39 is 5.41 Å². The summed E-state index contributed by atoms with van der Waals surface area (Å²) in [6.07, 6.45) is 1.19. The highest BCUT2D eigenvalue weighted by Crippen LogP contribution is 2.35. The summed E-state index contributed by atoms with van der Waals surface area (Å²) in [5.41, 5.74) is 0.928. The first-order chi connectivity index (χ1) is 15.4. The molecule has 0 atom stereocenters. The Labute approximate surface area is 187 Å². The van der Waals surface area contributed by atoms with E-state index in [0.717, 1.165) is 5.56 Å². The third-order valence-corrected chi connectivity index (χ3v) is 6.19. The molecule has 0 aromatic heterocycles. The quantitative estimate of drug-likeness (QED) is 0.743. The molecule has 1 fully saturated rings. The van der Waals surface area contributed by atoms with Crippen molar-refractivity contribution in [2.75, 3.05) is 34.1 Å². The van der Waals surface area contributed by atoms with E-state index in [1.54, 1.807) is 43.4 Å². The van der Waals surface area contributed by atoms with Crippen LogP contribution in [0.4, 0.5) is 0 Å². The Morgan fingerprint density at radius 3 is 2.31 bits per heavy atom. The maximum atomic E-state index is 13.0. The molecule has 32 heavy (non-hydrogen) atoms. The number of piperidine rings is 1. The highest BCUT2D eigenvalue weighted by molar-refractivity contribution is 5.95. The molecule has 2 amide bonds. The van der Waals surface area contributed by atoms with Crippen LogP contribution in [0.15, 0.2) is 36.4 Å². The van der Waals surface area contributed by atoms with Gasteiger partial charge in [-0.15, -0.1) is 0 Å². The summed E-state index contributed by atoms with van der Waals surface area (Å²) in [5.74, 6) is 2.51. The molecule has 2 aromatic carbocycles. The smallest absolute Gasteiger partial charge is 0.253 e. The molecule has 8 nitrogen and oxygen atoms in total. The Morgan fingerprint density at radius 1 is 1.00 bits per heavy atom. The Kier molecular flexibility index (Phi) is 6.12. The molecule has 2 heterocycles. The third-order valence-electron chi connectivity index (χ3n) is 6.19. The van der Waals surface area contributed by atoms with E-state index >= 15 is 0 Å². The van der Waals surface area contributed by atoms with Gasteiger partial charge in [0.1, 0.15) is 11.5 Å². The minimum absolute atomic E-state index is 0.0190. The number of amides is 2. The highest BCUT2D eigenvalue weighted by Gasteiger charge is 2.38. The number of carbonyl (C=O) groups excluding carboxylic acids is 2. The zero-order valence-corrected chi connectivity index (χ0v) is 18.6. The van der Waals surface area contributed by atoms with E-state index in [0.29, 0.717) is 61.0 Å². The summed E-state index contributed by atoms with van der Waals surface area (Å²) in [4.78, 5) is 27.7. The van der Waals surface area contributed by atoms with Crippen molar-refractivity contribution in [3.63, 3.8) is 0 Å². The van der Waals surface area contributed by atoms with E-state index in [2.05, 4.69) is 5.32 Å². The van der Waals surface area contributed by atoms with Gasteiger partial charge >= 0.3 is 0 Å². The molecule has 0 spiro atoms. The van der Waals surface area contributed by atoms with Crippen LogP contribution in [0.25, 0.3) is 0 Å². The number of carbonyl (C=O) groups is 2. The molecule has 0 bridgehead atoms. The zero-order valence-electron chi connectivity index (χ0n) is 18.6. The van der Waals surface area contributed by atoms with Gasteiger partial charge in [0.2, 0.25) is 12.7 Å². The van der Waals surface area contributed by atoms with Crippen LogP contribution in [-0.4, -0.2) is 50.8 Å². The summed E-state index contributed by atoms with van der Waals surface area (Å²) in [7, 11) is 3.19. The molecule has 8 heteroatoms. The number of hydrogen-bond acceptors (Lipinski definition) is 6. The zero-order chi connectivity index (χ0) is 22.7. The Balaban J connectivity index is 1.34. The SMILES string of the molecule is COc1cc(CNC(=O)C2(C)CCN(C(=O)c3ccc4c(c3)OCO4)CC2)cc(OC)c1. The summed E-state index contributed by atoms with van der Waals surface area (Å²) >= 11 is 0. The van der Waals surface area contributed by atoms with Crippen LogP contribution in [0.2, 0.25) is 0 Å². The van der Waals surface area contributed by atoms with Crippen LogP contribution in [0.5, 0.6) is 23.0 Å². The second kappa shape index (κ2) is 8.98. The van der Waals surface area contributed by atoms with Gasteiger partial charge in [-0.3, -0.25) is 9.59 Å². The van der Waals surface area contributed by atoms with Gasteiger partial charge in [-0.2, -0.15) is 0 Å². The fourth-order valence-corrected chi connectivity index (χ4v) is 4.01. The standard InChI is InChI=1S/C24H28N2O6/c1-24(23(28)25-14-16-10-18(29-2)13-19(11-16)30-3)6-8-26(9-7-24)22(27)17-4-5-20-21(12-17)32-15-31-20/h4-5,10-13H,6-9,14-15H2,1-3H3,(H,25,28). The maximum Gasteiger partial charge on any atom is 0.253 e. The Morgan fingerprint density at radius 2 is 1.66 bits per heavy atom. The first-order valence-corrected chi connectivity index (χ1v) is 10.6. The molecular formula is C24H28N2O6. The van der Waals surface area contributed by atoms with Crippen LogP contribution in [0.3, 0.4) is 0 Å². The summed E-state index contributed by atoms with van der Waals surface area (Å²) in [6, 6.07) is 10.8. The molecule has 0 aliphatic carbocycles. The molecule has 2 aliphatic heterocycles. The van der Waals surface area contributed by atoms with Crippen molar-refractivity contribution < 1.29 is 28.5 Å². The van der Waals surface area contributed by atoms with Crippen molar-refractivity contribution in [2.24, 2.45) is 5.41 Å². The van der Waals surface area contributed by atoms with Crippen molar-refractivity contribution >= 4 is 11.8 Å². The first kappa shape index (κ1) is 21.8. The molecular weight excluding hydrogens is 412 g/mol. The fourth-order valence-electron chi connectivity index (χ4n) is 4.01. The van der Waals surface area contributed by atoms with E-state index in [9.17, 15) is 9.59 Å². The van der Waals surface area contributed by atoms with E-state index in [4.69, 9.17) is 18.9 Å². The third kappa shape index (κ3) is 4.44. The lowest BCUT2D eigenvalue weighted by atomic mass is 9.79.